The van der Waals surface area contributed by atoms with Crippen LogP contribution in [-0.4, -0.2) is 37.2 Å². The lowest BCUT2D eigenvalue weighted by molar-refractivity contribution is 0.0771. The Morgan fingerprint density at radius 3 is 2.76 bits per heavy atom. The summed E-state index contributed by atoms with van der Waals surface area (Å²) in [6, 6.07) is 9.66. The third kappa shape index (κ3) is 3.47. The molecule has 2 aliphatic heterocycles. The molecule has 0 radical (unpaired) electrons. The van der Waals surface area contributed by atoms with E-state index in [2.05, 4.69) is 48.3 Å². The van der Waals surface area contributed by atoms with Gasteiger partial charge in [-0.15, -0.1) is 0 Å². The third-order valence-corrected chi connectivity index (χ3v) is 4.93. The standard InChI is InChI=1S/C18H28N2O/c1-14(2)18(20-9-5-6-10-20)11-19-17-13-21-12-15-7-3-4-8-16(15)17/h3-4,7-8,14,17-19H,5-6,9-13H2,1-2H3. The number of rotatable bonds is 5. The summed E-state index contributed by atoms with van der Waals surface area (Å²) in [5, 5.41) is 3.77. The molecular weight excluding hydrogens is 260 g/mol. The van der Waals surface area contributed by atoms with Gasteiger partial charge in [0.25, 0.3) is 0 Å². The number of hydrogen-bond acceptors (Lipinski definition) is 3. The zero-order chi connectivity index (χ0) is 14.7. The Balaban J connectivity index is 1.64. The van der Waals surface area contributed by atoms with Gasteiger partial charge in [0.1, 0.15) is 0 Å². The Hall–Kier alpha value is -0.900. The van der Waals surface area contributed by atoms with Crippen LogP contribution in [0.1, 0.15) is 43.9 Å². The predicted octanol–water partition coefficient (Wildman–Crippen LogP) is 2.97. The normalized spacial score (nSPS) is 24.2. The Morgan fingerprint density at radius 1 is 1.24 bits per heavy atom. The summed E-state index contributed by atoms with van der Waals surface area (Å²) in [7, 11) is 0. The van der Waals surface area contributed by atoms with Gasteiger partial charge < -0.3 is 10.1 Å². The van der Waals surface area contributed by atoms with E-state index in [9.17, 15) is 0 Å². The van der Waals surface area contributed by atoms with Crippen LogP contribution >= 0.6 is 0 Å². The van der Waals surface area contributed by atoms with E-state index in [-0.39, 0.29) is 0 Å². The fourth-order valence-electron chi connectivity index (χ4n) is 3.67. The molecule has 3 rings (SSSR count). The average molecular weight is 288 g/mol. The van der Waals surface area contributed by atoms with Crippen LogP contribution in [0.4, 0.5) is 0 Å². The largest absolute Gasteiger partial charge is 0.375 e. The van der Waals surface area contributed by atoms with Gasteiger partial charge in [-0.3, -0.25) is 4.90 Å². The molecule has 1 aromatic carbocycles. The molecule has 21 heavy (non-hydrogen) atoms. The molecule has 116 valence electrons. The first-order valence-corrected chi connectivity index (χ1v) is 8.38. The van der Waals surface area contributed by atoms with Crippen LogP contribution in [0.2, 0.25) is 0 Å². The fraction of sp³-hybridized carbons (Fsp3) is 0.667. The molecule has 2 unspecified atom stereocenters. The topological polar surface area (TPSA) is 24.5 Å². The maximum atomic E-state index is 5.75. The highest BCUT2D eigenvalue weighted by molar-refractivity contribution is 5.31. The van der Waals surface area contributed by atoms with Gasteiger partial charge in [0, 0.05) is 12.6 Å². The van der Waals surface area contributed by atoms with Gasteiger partial charge in [-0.05, 0) is 43.0 Å². The summed E-state index contributed by atoms with van der Waals surface area (Å²) < 4.78 is 5.75. The van der Waals surface area contributed by atoms with Crippen molar-refractivity contribution in [3.05, 3.63) is 35.4 Å². The van der Waals surface area contributed by atoms with E-state index in [1.165, 1.54) is 37.1 Å². The van der Waals surface area contributed by atoms with Gasteiger partial charge in [-0.1, -0.05) is 38.1 Å². The van der Waals surface area contributed by atoms with Crippen molar-refractivity contribution in [2.24, 2.45) is 5.92 Å². The second-order valence-electron chi connectivity index (χ2n) is 6.73. The minimum atomic E-state index is 0.346. The lowest BCUT2D eigenvalue weighted by Gasteiger charge is -2.34. The zero-order valence-corrected chi connectivity index (χ0v) is 13.3. The Labute approximate surface area is 128 Å². The quantitative estimate of drug-likeness (QED) is 0.901. The zero-order valence-electron chi connectivity index (χ0n) is 13.3. The first-order valence-electron chi connectivity index (χ1n) is 8.38. The van der Waals surface area contributed by atoms with E-state index in [0.29, 0.717) is 18.0 Å². The minimum Gasteiger partial charge on any atom is -0.375 e. The molecule has 2 aliphatic rings. The van der Waals surface area contributed by atoms with E-state index < -0.39 is 0 Å². The molecule has 2 atom stereocenters. The molecule has 0 aliphatic carbocycles. The Bertz CT molecular complexity index is 454. The van der Waals surface area contributed by atoms with Gasteiger partial charge in [0.05, 0.1) is 19.3 Å². The second kappa shape index (κ2) is 6.91. The summed E-state index contributed by atoms with van der Waals surface area (Å²) in [4.78, 5) is 2.66. The molecule has 1 N–H and O–H groups in total. The number of likely N-dealkylation sites (tertiary alicyclic amines) is 1. The smallest absolute Gasteiger partial charge is 0.0721 e. The lowest BCUT2D eigenvalue weighted by atomic mass is 9.97. The van der Waals surface area contributed by atoms with Crippen LogP contribution in [0.15, 0.2) is 24.3 Å². The van der Waals surface area contributed by atoms with Crippen molar-refractivity contribution in [2.75, 3.05) is 26.2 Å². The molecule has 1 aromatic rings. The molecule has 0 bridgehead atoms. The molecule has 0 spiro atoms. The third-order valence-electron chi connectivity index (χ3n) is 4.93. The molecule has 1 saturated heterocycles. The maximum Gasteiger partial charge on any atom is 0.0721 e. The SMILES string of the molecule is CC(C)C(CNC1COCc2ccccc21)N1CCCC1. The van der Waals surface area contributed by atoms with E-state index in [0.717, 1.165) is 19.8 Å². The highest BCUT2D eigenvalue weighted by Gasteiger charge is 2.26. The molecule has 0 aromatic heterocycles. The van der Waals surface area contributed by atoms with Crippen molar-refractivity contribution in [2.45, 2.75) is 45.4 Å². The Kier molecular flexibility index (Phi) is 4.94. The predicted molar refractivity (Wildman–Crippen MR) is 86.3 cm³/mol. The number of ether oxygens (including phenoxy) is 1. The minimum absolute atomic E-state index is 0.346. The van der Waals surface area contributed by atoms with E-state index in [1.807, 2.05) is 0 Å². The lowest BCUT2D eigenvalue weighted by Crippen LogP contribution is -2.46. The first kappa shape index (κ1) is 15.0. The molecule has 0 amide bonds. The van der Waals surface area contributed by atoms with Crippen LogP contribution < -0.4 is 5.32 Å². The van der Waals surface area contributed by atoms with Crippen molar-refractivity contribution < 1.29 is 4.74 Å². The fourth-order valence-corrected chi connectivity index (χ4v) is 3.67. The number of nitrogens with one attached hydrogen (secondary N) is 1. The van der Waals surface area contributed by atoms with Gasteiger partial charge in [-0.2, -0.15) is 0 Å². The van der Waals surface area contributed by atoms with E-state index in [1.54, 1.807) is 0 Å². The van der Waals surface area contributed by atoms with Crippen LogP contribution in [0.3, 0.4) is 0 Å². The van der Waals surface area contributed by atoms with Gasteiger partial charge in [0.2, 0.25) is 0 Å². The average Bonchev–Trinajstić information content (AvgIpc) is 3.01. The summed E-state index contributed by atoms with van der Waals surface area (Å²) in [5.74, 6) is 0.690. The number of nitrogens with zero attached hydrogens (tertiary/aromatic N) is 1. The van der Waals surface area contributed by atoms with Crippen molar-refractivity contribution in [3.63, 3.8) is 0 Å². The number of fused-ring (bicyclic) bond motifs is 1. The van der Waals surface area contributed by atoms with Gasteiger partial charge in [-0.25, -0.2) is 0 Å². The highest BCUT2D eigenvalue weighted by Crippen LogP contribution is 2.25. The number of hydrogen-bond donors (Lipinski definition) is 1. The summed E-state index contributed by atoms with van der Waals surface area (Å²) in [6.07, 6.45) is 2.72. The van der Waals surface area contributed by atoms with E-state index >= 15 is 0 Å². The second-order valence-corrected chi connectivity index (χ2v) is 6.73. The first-order chi connectivity index (χ1) is 10.3. The van der Waals surface area contributed by atoms with Crippen LogP contribution in [0, 0.1) is 5.92 Å². The monoisotopic (exact) mass is 288 g/mol. The molecule has 3 heteroatoms. The van der Waals surface area contributed by atoms with Crippen molar-refractivity contribution >= 4 is 0 Å². The summed E-state index contributed by atoms with van der Waals surface area (Å²) in [6.45, 7) is 9.83. The molecule has 0 saturated carbocycles. The summed E-state index contributed by atoms with van der Waals surface area (Å²) >= 11 is 0. The Morgan fingerprint density at radius 2 is 2.00 bits per heavy atom. The van der Waals surface area contributed by atoms with E-state index in [4.69, 9.17) is 4.74 Å². The highest BCUT2D eigenvalue weighted by atomic mass is 16.5. The molecule has 3 nitrogen and oxygen atoms in total. The molecule has 1 fully saturated rings. The summed E-state index contributed by atoms with van der Waals surface area (Å²) in [5.41, 5.74) is 2.76. The van der Waals surface area contributed by atoms with Crippen molar-refractivity contribution in [3.8, 4) is 0 Å². The molecular formula is C18H28N2O. The number of benzene rings is 1. The van der Waals surface area contributed by atoms with Gasteiger partial charge in [0.15, 0.2) is 0 Å². The van der Waals surface area contributed by atoms with Crippen LogP contribution in [0.5, 0.6) is 0 Å². The van der Waals surface area contributed by atoms with Crippen molar-refractivity contribution in [1.29, 1.82) is 0 Å². The van der Waals surface area contributed by atoms with Gasteiger partial charge >= 0.3 is 0 Å². The van der Waals surface area contributed by atoms with Crippen LogP contribution in [-0.2, 0) is 11.3 Å². The maximum absolute atomic E-state index is 5.75. The van der Waals surface area contributed by atoms with Crippen molar-refractivity contribution in [1.82, 2.24) is 10.2 Å². The molecule has 2 heterocycles. The van der Waals surface area contributed by atoms with Crippen LogP contribution in [0.25, 0.3) is 0 Å².